The average molecular weight is 450 g/mol. The summed E-state index contributed by atoms with van der Waals surface area (Å²) in [4.78, 5) is 11.6. The molecule has 32 heavy (non-hydrogen) atoms. The largest absolute Gasteiger partial charge is 0.497 e. The summed E-state index contributed by atoms with van der Waals surface area (Å²) in [7, 11) is 1.67. The number of benzene rings is 2. The third kappa shape index (κ3) is 4.46. The predicted octanol–water partition coefficient (Wildman–Crippen LogP) is 4.04. The maximum Gasteiger partial charge on any atom is 0.182 e. The van der Waals surface area contributed by atoms with E-state index in [1.54, 1.807) is 7.11 Å². The first-order valence-electron chi connectivity index (χ1n) is 10.6. The number of hydrogen-bond acceptors (Lipinski definition) is 6. The zero-order valence-corrected chi connectivity index (χ0v) is 18.6. The number of hydrogen-bond donors (Lipinski definition) is 0. The molecule has 7 nitrogen and oxygen atoms in total. The van der Waals surface area contributed by atoms with Crippen molar-refractivity contribution in [3.8, 4) is 17.3 Å². The molecule has 1 saturated heterocycles. The highest BCUT2D eigenvalue weighted by Gasteiger charge is 2.18. The fourth-order valence-electron chi connectivity index (χ4n) is 3.96. The van der Waals surface area contributed by atoms with Crippen LogP contribution in [0.2, 0.25) is 5.15 Å². The monoisotopic (exact) mass is 449 g/mol. The van der Waals surface area contributed by atoms with Gasteiger partial charge in [-0.15, -0.1) is 0 Å². The maximum atomic E-state index is 6.39. The summed E-state index contributed by atoms with van der Waals surface area (Å²) in [5, 5.41) is 6.32. The van der Waals surface area contributed by atoms with Crippen LogP contribution in [0, 0.1) is 0 Å². The van der Waals surface area contributed by atoms with Crippen LogP contribution in [0.5, 0.6) is 5.75 Å². The highest BCUT2D eigenvalue weighted by atomic mass is 35.5. The van der Waals surface area contributed by atoms with Crippen molar-refractivity contribution < 1.29 is 9.47 Å². The summed E-state index contributed by atoms with van der Waals surface area (Å²) in [5.41, 5.74) is 3.78. The van der Waals surface area contributed by atoms with Crippen molar-refractivity contribution in [2.45, 2.75) is 13.1 Å². The molecule has 1 aliphatic rings. The second-order valence-electron chi connectivity index (χ2n) is 7.77. The van der Waals surface area contributed by atoms with E-state index in [9.17, 15) is 0 Å². The van der Waals surface area contributed by atoms with Gasteiger partial charge in [0.2, 0.25) is 0 Å². The van der Waals surface area contributed by atoms with Crippen LogP contribution in [0.15, 0.2) is 54.6 Å². The Balaban J connectivity index is 1.50. The van der Waals surface area contributed by atoms with Crippen molar-refractivity contribution >= 4 is 22.5 Å². The van der Waals surface area contributed by atoms with Gasteiger partial charge in [0.15, 0.2) is 5.82 Å². The van der Waals surface area contributed by atoms with Crippen molar-refractivity contribution in [1.29, 1.82) is 0 Å². The van der Waals surface area contributed by atoms with E-state index in [2.05, 4.69) is 16.0 Å². The molecule has 0 aliphatic carbocycles. The average Bonchev–Trinajstić information content (AvgIpc) is 3.18. The number of nitrogens with zero attached hydrogens (tertiary/aromatic N) is 5. The molecule has 0 N–H and O–H groups in total. The van der Waals surface area contributed by atoms with E-state index >= 15 is 0 Å². The van der Waals surface area contributed by atoms with Crippen LogP contribution in [0.1, 0.15) is 11.3 Å². The Hall–Kier alpha value is -3.00. The minimum absolute atomic E-state index is 0.423. The molecule has 0 unspecified atom stereocenters. The molecule has 0 spiro atoms. The van der Waals surface area contributed by atoms with Crippen LogP contribution >= 0.6 is 11.6 Å². The Labute approximate surface area is 191 Å². The quantitative estimate of drug-likeness (QED) is 0.414. The summed E-state index contributed by atoms with van der Waals surface area (Å²) in [6.45, 7) is 4.60. The standard InChI is InChI=1S/C24H24ClN5O2/c1-31-19-8-6-17(7-9-19)15-30-21-5-3-2-4-20(21)23(28-30)24-26-18(14-22(25)27-24)16-29-10-12-32-13-11-29/h2-9,14H,10-13,15-16H2,1H3. The molecule has 0 radical (unpaired) electrons. The molecule has 4 aromatic rings. The number of para-hydroxylation sites is 1. The number of methoxy groups -OCH3 is 1. The lowest BCUT2D eigenvalue weighted by Gasteiger charge is -2.26. The van der Waals surface area contributed by atoms with E-state index in [1.165, 1.54) is 0 Å². The molecule has 0 saturated carbocycles. The van der Waals surface area contributed by atoms with Gasteiger partial charge in [0.25, 0.3) is 0 Å². The van der Waals surface area contributed by atoms with E-state index in [4.69, 9.17) is 31.2 Å². The zero-order valence-electron chi connectivity index (χ0n) is 17.9. The summed E-state index contributed by atoms with van der Waals surface area (Å²) in [6, 6.07) is 18.0. The van der Waals surface area contributed by atoms with Gasteiger partial charge in [-0.3, -0.25) is 9.58 Å². The molecule has 164 valence electrons. The molecule has 0 bridgehead atoms. The Morgan fingerprint density at radius 1 is 1.00 bits per heavy atom. The minimum Gasteiger partial charge on any atom is -0.497 e. The number of fused-ring (bicyclic) bond motifs is 1. The maximum absolute atomic E-state index is 6.39. The van der Waals surface area contributed by atoms with Gasteiger partial charge in [-0.25, -0.2) is 9.97 Å². The molecule has 1 aliphatic heterocycles. The fourth-order valence-corrected chi connectivity index (χ4v) is 4.16. The summed E-state index contributed by atoms with van der Waals surface area (Å²) in [6.07, 6.45) is 0. The van der Waals surface area contributed by atoms with E-state index in [1.807, 2.05) is 53.2 Å². The smallest absolute Gasteiger partial charge is 0.182 e. The zero-order chi connectivity index (χ0) is 21.9. The van der Waals surface area contributed by atoms with E-state index in [0.717, 1.165) is 59.9 Å². The van der Waals surface area contributed by atoms with Crippen molar-refractivity contribution in [2.75, 3.05) is 33.4 Å². The Kier molecular flexibility index (Phi) is 6.03. The van der Waals surface area contributed by atoms with Gasteiger partial charge in [0, 0.05) is 25.0 Å². The molecular formula is C24H24ClN5O2. The fraction of sp³-hybridized carbons (Fsp3) is 0.292. The van der Waals surface area contributed by atoms with Gasteiger partial charge in [-0.2, -0.15) is 5.10 Å². The lowest BCUT2D eigenvalue weighted by atomic mass is 10.2. The molecule has 0 amide bonds. The molecule has 0 atom stereocenters. The van der Waals surface area contributed by atoms with E-state index in [0.29, 0.717) is 24.1 Å². The second-order valence-corrected chi connectivity index (χ2v) is 8.15. The molecule has 2 aromatic heterocycles. The second kappa shape index (κ2) is 9.24. The van der Waals surface area contributed by atoms with E-state index in [-0.39, 0.29) is 0 Å². The Morgan fingerprint density at radius 3 is 2.56 bits per heavy atom. The third-order valence-electron chi connectivity index (χ3n) is 5.60. The number of aromatic nitrogens is 4. The first-order chi connectivity index (χ1) is 15.7. The first kappa shape index (κ1) is 20.9. The lowest BCUT2D eigenvalue weighted by molar-refractivity contribution is 0.0336. The Bertz CT molecular complexity index is 1220. The van der Waals surface area contributed by atoms with Crippen molar-refractivity contribution in [1.82, 2.24) is 24.6 Å². The SMILES string of the molecule is COc1ccc(Cn2nc(-c3nc(Cl)cc(CN4CCOCC4)n3)c3ccccc32)cc1. The van der Waals surface area contributed by atoms with Crippen molar-refractivity contribution in [2.24, 2.45) is 0 Å². The molecule has 1 fully saturated rings. The van der Waals surface area contributed by atoms with Gasteiger partial charge in [0.1, 0.15) is 16.6 Å². The first-order valence-corrected chi connectivity index (χ1v) is 11.0. The van der Waals surface area contributed by atoms with Crippen LogP contribution in [0.3, 0.4) is 0 Å². The normalized spacial score (nSPS) is 14.7. The highest BCUT2D eigenvalue weighted by molar-refractivity contribution is 6.29. The molecule has 3 heterocycles. The minimum atomic E-state index is 0.423. The summed E-state index contributed by atoms with van der Waals surface area (Å²) >= 11 is 6.39. The van der Waals surface area contributed by atoms with Gasteiger partial charge in [-0.1, -0.05) is 41.9 Å². The lowest BCUT2D eigenvalue weighted by Crippen LogP contribution is -2.35. The number of rotatable bonds is 6. The molecular weight excluding hydrogens is 426 g/mol. The van der Waals surface area contributed by atoms with Crippen molar-refractivity contribution in [3.63, 3.8) is 0 Å². The van der Waals surface area contributed by atoms with Crippen LogP contribution in [0.4, 0.5) is 0 Å². The Morgan fingerprint density at radius 2 is 1.78 bits per heavy atom. The van der Waals surface area contributed by atoms with E-state index < -0.39 is 0 Å². The molecule has 5 rings (SSSR count). The number of morpholine rings is 1. The van der Waals surface area contributed by atoms with Crippen LogP contribution in [0.25, 0.3) is 22.4 Å². The van der Waals surface area contributed by atoms with Crippen molar-refractivity contribution in [3.05, 3.63) is 71.0 Å². The van der Waals surface area contributed by atoms with Crippen LogP contribution < -0.4 is 4.74 Å². The highest BCUT2D eigenvalue weighted by Crippen LogP contribution is 2.28. The van der Waals surface area contributed by atoms with Gasteiger partial charge < -0.3 is 9.47 Å². The topological polar surface area (TPSA) is 65.3 Å². The summed E-state index contributed by atoms with van der Waals surface area (Å²) < 4.78 is 12.7. The summed E-state index contributed by atoms with van der Waals surface area (Å²) in [5.74, 6) is 1.38. The molecule has 2 aromatic carbocycles. The van der Waals surface area contributed by atoms with Gasteiger partial charge >= 0.3 is 0 Å². The predicted molar refractivity (Wildman–Crippen MR) is 124 cm³/mol. The number of halogens is 1. The van der Waals surface area contributed by atoms with Crippen LogP contribution in [-0.2, 0) is 17.8 Å². The van der Waals surface area contributed by atoms with Gasteiger partial charge in [-0.05, 0) is 29.8 Å². The number of ether oxygens (including phenoxy) is 2. The molecule has 8 heteroatoms. The van der Waals surface area contributed by atoms with Crippen LogP contribution in [-0.4, -0.2) is 58.1 Å². The van der Waals surface area contributed by atoms with Gasteiger partial charge in [0.05, 0.1) is 38.1 Å². The third-order valence-corrected chi connectivity index (χ3v) is 5.79.